The Morgan fingerprint density at radius 3 is 2.23 bits per heavy atom. The molecule has 0 aliphatic carbocycles. The number of aliphatic hydroxyl groups excluding tert-OH is 4. The van der Waals surface area contributed by atoms with Gasteiger partial charge in [0.15, 0.2) is 0 Å². The molecule has 0 spiro atoms. The van der Waals surface area contributed by atoms with Crippen molar-refractivity contribution in [3.8, 4) is 0 Å². The molecule has 0 heterocycles. The lowest BCUT2D eigenvalue weighted by Crippen LogP contribution is -2.21. The highest BCUT2D eigenvalue weighted by atomic mass is 16.5. The second-order valence-corrected chi connectivity index (χ2v) is 7.23. The molecule has 0 bridgehead atoms. The third-order valence-corrected chi connectivity index (χ3v) is 4.30. The number of aliphatic hydroxyl groups is 4. The Morgan fingerprint density at radius 1 is 0.871 bits per heavy atom. The summed E-state index contributed by atoms with van der Waals surface area (Å²) in [5, 5.41) is 37.0. The van der Waals surface area contributed by atoms with Crippen LogP contribution in [-0.4, -0.2) is 57.9 Å². The fourth-order valence-electron chi connectivity index (χ4n) is 2.37. The lowest BCUT2D eigenvalue weighted by molar-refractivity contribution is -0.147. The van der Waals surface area contributed by atoms with Crippen LogP contribution >= 0.6 is 0 Å². The predicted octanol–water partition coefficient (Wildman–Crippen LogP) is 3.53. The zero-order chi connectivity index (χ0) is 23.2. The monoisotopic (exact) mass is 436 g/mol. The van der Waals surface area contributed by atoms with Gasteiger partial charge in [-0.15, -0.1) is 0 Å². The Morgan fingerprint density at radius 2 is 1.55 bits per heavy atom. The summed E-state index contributed by atoms with van der Waals surface area (Å²) < 4.78 is 4.84. The molecule has 3 unspecified atom stereocenters. The van der Waals surface area contributed by atoms with Crippen molar-refractivity contribution in [2.75, 3.05) is 13.2 Å². The van der Waals surface area contributed by atoms with Crippen molar-refractivity contribution in [3.05, 3.63) is 60.8 Å². The van der Waals surface area contributed by atoms with Crippen LogP contribution in [0.1, 0.15) is 58.3 Å². The number of ether oxygens (including phenoxy) is 1. The molecular formula is C25H40O6. The number of carbonyl (C=O) groups is 1. The first kappa shape index (κ1) is 29.0. The smallest absolute Gasteiger partial charge is 0.305 e. The van der Waals surface area contributed by atoms with E-state index in [-0.39, 0.29) is 12.6 Å². The highest BCUT2D eigenvalue weighted by molar-refractivity contribution is 5.69. The number of hydrogen-bond donors (Lipinski definition) is 4. The summed E-state index contributed by atoms with van der Waals surface area (Å²) in [5.74, 6) is -0.343. The average Bonchev–Trinajstić information content (AvgIpc) is 2.77. The van der Waals surface area contributed by atoms with Crippen LogP contribution in [0.25, 0.3) is 0 Å². The minimum absolute atomic E-state index is 0.154. The fraction of sp³-hybridized carbons (Fsp3) is 0.560. The molecule has 31 heavy (non-hydrogen) atoms. The lowest BCUT2D eigenvalue weighted by Gasteiger charge is -2.08. The number of allylic oxidation sites excluding steroid dienone is 7. The standard InChI is InChI=1S/C25H40O6/c1-2-22(27)16-12-10-11-14-18-23(28)17-13-8-6-4-3-5-7-9-15-19-25(30)31-21-24(29)20-26/h3-4,8,10-14,16,18,22-24,26-29H,2,5-7,9,15,17,19-21H2,1H3. The summed E-state index contributed by atoms with van der Waals surface area (Å²) in [6.45, 7) is 1.35. The van der Waals surface area contributed by atoms with Gasteiger partial charge in [0.25, 0.3) is 0 Å². The molecule has 0 aromatic heterocycles. The summed E-state index contributed by atoms with van der Waals surface area (Å²) in [6.07, 6.45) is 23.0. The number of carbonyl (C=O) groups excluding carboxylic acids is 1. The Hall–Kier alpha value is -1.99. The van der Waals surface area contributed by atoms with E-state index in [1.54, 1.807) is 24.3 Å². The second kappa shape index (κ2) is 21.2. The maximum absolute atomic E-state index is 11.4. The first-order valence-corrected chi connectivity index (χ1v) is 11.1. The van der Waals surface area contributed by atoms with Crippen LogP contribution in [0.4, 0.5) is 0 Å². The van der Waals surface area contributed by atoms with Gasteiger partial charge in [0.1, 0.15) is 12.7 Å². The number of unbranched alkanes of at least 4 members (excludes halogenated alkanes) is 3. The lowest BCUT2D eigenvalue weighted by atomic mass is 10.1. The molecule has 0 radical (unpaired) electrons. The van der Waals surface area contributed by atoms with Crippen LogP contribution in [0, 0.1) is 0 Å². The van der Waals surface area contributed by atoms with Crippen LogP contribution in [0.2, 0.25) is 0 Å². The van der Waals surface area contributed by atoms with Crippen molar-refractivity contribution in [2.45, 2.75) is 76.6 Å². The first-order valence-electron chi connectivity index (χ1n) is 11.1. The third-order valence-electron chi connectivity index (χ3n) is 4.30. The molecule has 0 rings (SSSR count). The highest BCUT2D eigenvalue weighted by Crippen LogP contribution is 2.06. The Bertz CT molecular complexity index is 577. The quantitative estimate of drug-likeness (QED) is 0.113. The molecule has 0 saturated carbocycles. The fourth-order valence-corrected chi connectivity index (χ4v) is 2.37. The van der Waals surface area contributed by atoms with Crippen molar-refractivity contribution in [2.24, 2.45) is 0 Å². The van der Waals surface area contributed by atoms with Gasteiger partial charge in [-0.1, -0.05) is 74.1 Å². The maximum Gasteiger partial charge on any atom is 0.305 e. The van der Waals surface area contributed by atoms with E-state index in [1.165, 1.54) is 0 Å². The molecule has 0 aliphatic heterocycles. The normalized spacial score (nSPS) is 15.6. The summed E-state index contributed by atoms with van der Waals surface area (Å²) in [5.41, 5.74) is 0. The topological polar surface area (TPSA) is 107 Å². The highest BCUT2D eigenvalue weighted by Gasteiger charge is 2.07. The molecule has 0 aromatic rings. The van der Waals surface area contributed by atoms with Crippen molar-refractivity contribution in [1.29, 1.82) is 0 Å². The Kier molecular flexibility index (Phi) is 19.9. The molecule has 6 nitrogen and oxygen atoms in total. The van der Waals surface area contributed by atoms with E-state index < -0.39 is 24.9 Å². The van der Waals surface area contributed by atoms with Gasteiger partial charge in [-0.3, -0.25) is 4.79 Å². The first-order chi connectivity index (χ1) is 15.0. The van der Waals surface area contributed by atoms with E-state index in [0.29, 0.717) is 19.3 Å². The number of hydrogen-bond acceptors (Lipinski definition) is 6. The summed E-state index contributed by atoms with van der Waals surface area (Å²) in [4.78, 5) is 11.4. The minimum atomic E-state index is -1.00. The van der Waals surface area contributed by atoms with E-state index >= 15 is 0 Å². The van der Waals surface area contributed by atoms with Gasteiger partial charge in [-0.05, 0) is 38.5 Å². The largest absolute Gasteiger partial charge is 0.463 e. The average molecular weight is 437 g/mol. The minimum Gasteiger partial charge on any atom is -0.463 e. The molecule has 3 atom stereocenters. The van der Waals surface area contributed by atoms with Gasteiger partial charge < -0.3 is 25.2 Å². The van der Waals surface area contributed by atoms with Crippen LogP contribution in [0.15, 0.2) is 60.8 Å². The van der Waals surface area contributed by atoms with E-state index in [9.17, 15) is 15.0 Å². The molecule has 0 saturated heterocycles. The summed E-state index contributed by atoms with van der Waals surface area (Å²) in [7, 11) is 0. The van der Waals surface area contributed by atoms with Gasteiger partial charge in [0, 0.05) is 6.42 Å². The zero-order valence-electron chi connectivity index (χ0n) is 18.7. The van der Waals surface area contributed by atoms with E-state index in [0.717, 1.165) is 32.1 Å². The van der Waals surface area contributed by atoms with Gasteiger partial charge in [-0.2, -0.15) is 0 Å². The second-order valence-electron chi connectivity index (χ2n) is 7.23. The van der Waals surface area contributed by atoms with Gasteiger partial charge >= 0.3 is 5.97 Å². The van der Waals surface area contributed by atoms with E-state index in [1.807, 2.05) is 31.2 Å². The third kappa shape index (κ3) is 21.0. The molecule has 0 amide bonds. The zero-order valence-corrected chi connectivity index (χ0v) is 18.7. The molecule has 0 aliphatic rings. The summed E-state index contributed by atoms with van der Waals surface area (Å²) >= 11 is 0. The van der Waals surface area contributed by atoms with Gasteiger partial charge in [0.2, 0.25) is 0 Å². The van der Waals surface area contributed by atoms with E-state index in [2.05, 4.69) is 12.2 Å². The molecule has 0 aromatic carbocycles. The predicted molar refractivity (Wildman–Crippen MR) is 124 cm³/mol. The molecular weight excluding hydrogens is 396 g/mol. The van der Waals surface area contributed by atoms with Crippen LogP contribution in [0.3, 0.4) is 0 Å². The Labute approximate surface area is 187 Å². The molecule has 176 valence electrons. The van der Waals surface area contributed by atoms with Crippen LogP contribution < -0.4 is 0 Å². The van der Waals surface area contributed by atoms with Crippen LogP contribution in [0.5, 0.6) is 0 Å². The van der Waals surface area contributed by atoms with E-state index in [4.69, 9.17) is 14.9 Å². The maximum atomic E-state index is 11.4. The van der Waals surface area contributed by atoms with Crippen molar-refractivity contribution >= 4 is 5.97 Å². The molecule has 0 fully saturated rings. The van der Waals surface area contributed by atoms with Crippen molar-refractivity contribution < 1.29 is 30.0 Å². The molecule has 4 N–H and O–H groups in total. The SMILES string of the molecule is CCC(O)C=CC=CC=CC(O)CC=CCC=CCCCCCC(=O)OCC(O)CO. The van der Waals surface area contributed by atoms with Crippen LogP contribution in [-0.2, 0) is 9.53 Å². The van der Waals surface area contributed by atoms with Crippen molar-refractivity contribution in [3.63, 3.8) is 0 Å². The number of rotatable bonds is 18. The number of esters is 1. The summed E-state index contributed by atoms with van der Waals surface area (Å²) in [6, 6.07) is 0. The molecule has 6 heteroatoms. The van der Waals surface area contributed by atoms with Gasteiger partial charge in [0.05, 0.1) is 18.8 Å². The van der Waals surface area contributed by atoms with Gasteiger partial charge in [-0.25, -0.2) is 0 Å². The van der Waals surface area contributed by atoms with Crippen molar-refractivity contribution in [1.82, 2.24) is 0 Å². The Balaban J connectivity index is 3.68.